The molecule has 0 spiro atoms. The second-order valence-corrected chi connectivity index (χ2v) is 10.3. The third-order valence-electron chi connectivity index (χ3n) is 5.87. The molecule has 0 fully saturated rings. The second-order valence-electron chi connectivity index (χ2n) is 8.35. The summed E-state index contributed by atoms with van der Waals surface area (Å²) in [4.78, 5) is 0. The number of aromatic nitrogens is 3. The third kappa shape index (κ3) is 4.50. The van der Waals surface area contributed by atoms with E-state index in [0.717, 1.165) is 16.2 Å². The van der Waals surface area contributed by atoms with Gasteiger partial charge in [-0.1, -0.05) is 0 Å². The van der Waals surface area contributed by atoms with Crippen molar-refractivity contribution in [1.82, 2.24) is 14.3 Å². The number of fused-ring (bicyclic) bond motifs is 3. The van der Waals surface area contributed by atoms with Gasteiger partial charge in [0.15, 0.2) is 0 Å². The van der Waals surface area contributed by atoms with E-state index in [1.165, 1.54) is 24.3 Å². The van der Waals surface area contributed by atoms with Gasteiger partial charge >= 0.3 is 0 Å². The Balaban J connectivity index is 1.46. The number of nitrogens with zero attached hydrogens (tertiary/aromatic N) is 4. The van der Waals surface area contributed by atoms with Crippen LogP contribution >= 0.6 is 0 Å². The van der Waals surface area contributed by atoms with Gasteiger partial charge in [0, 0.05) is 34.2 Å². The highest BCUT2D eigenvalue weighted by Crippen LogP contribution is 2.31. The fraction of sp³-hybridized carbons (Fsp3) is 0.160. The highest BCUT2D eigenvalue weighted by Gasteiger charge is 2.23. The molecule has 180 valence electrons. The van der Waals surface area contributed by atoms with Crippen molar-refractivity contribution >= 4 is 37.5 Å². The van der Waals surface area contributed by atoms with Crippen LogP contribution in [0.15, 0.2) is 79.1 Å². The quantitative estimate of drug-likeness (QED) is 0.368. The molecule has 10 heteroatoms. The van der Waals surface area contributed by atoms with Gasteiger partial charge in [-0.25, -0.2) is 21.9 Å². The van der Waals surface area contributed by atoms with Crippen LogP contribution in [0.4, 0.5) is 14.5 Å². The minimum Gasteiger partial charge on any atom is -0.389 e. The summed E-state index contributed by atoms with van der Waals surface area (Å²) in [5.74, 6) is -0.911. The zero-order valence-corrected chi connectivity index (χ0v) is 19.5. The monoisotopic (exact) mass is 496 g/mol. The van der Waals surface area contributed by atoms with E-state index in [9.17, 15) is 22.3 Å². The van der Waals surface area contributed by atoms with Gasteiger partial charge in [-0.15, -0.1) is 0 Å². The Labute approximate surface area is 200 Å². The molecule has 0 saturated carbocycles. The summed E-state index contributed by atoms with van der Waals surface area (Å²) < 4.78 is 57.5. The van der Waals surface area contributed by atoms with Gasteiger partial charge in [-0.3, -0.25) is 4.31 Å². The van der Waals surface area contributed by atoms with Gasteiger partial charge in [-0.05, 0) is 66.7 Å². The standard InChI is InChI=1S/C25H22F2N4O3S/c1-35(33,34)31(20-7-5-19(6-8-20)30-12-2-11-28-30)16-21(32)15-29-24-9-3-17(26)13-22(24)23-14-18(27)4-10-25(23)29/h2-14,21,32H,15-16H2,1H3. The van der Waals surface area contributed by atoms with Gasteiger partial charge in [0.1, 0.15) is 11.6 Å². The minimum atomic E-state index is -3.71. The van der Waals surface area contributed by atoms with Crippen molar-refractivity contribution in [2.24, 2.45) is 0 Å². The van der Waals surface area contributed by atoms with Crippen LogP contribution in [0.3, 0.4) is 0 Å². The molecule has 0 aliphatic carbocycles. The number of aliphatic hydroxyl groups excluding tert-OH is 1. The molecule has 3 aromatic carbocycles. The van der Waals surface area contributed by atoms with Crippen molar-refractivity contribution in [1.29, 1.82) is 0 Å². The molecule has 0 saturated heterocycles. The molecule has 2 heterocycles. The summed E-state index contributed by atoms with van der Waals surface area (Å²) in [6.07, 6.45) is 3.39. The van der Waals surface area contributed by atoms with E-state index in [0.29, 0.717) is 27.5 Å². The number of sulfonamides is 1. The van der Waals surface area contributed by atoms with E-state index in [4.69, 9.17) is 0 Å². The van der Waals surface area contributed by atoms with Crippen LogP contribution in [0.2, 0.25) is 0 Å². The molecule has 1 N–H and O–H groups in total. The predicted octanol–water partition coefficient (Wildman–Crippen LogP) is 4.09. The van der Waals surface area contributed by atoms with Crippen molar-refractivity contribution in [2.75, 3.05) is 17.1 Å². The Hall–Kier alpha value is -3.76. The Morgan fingerprint density at radius 3 is 2.09 bits per heavy atom. The number of benzene rings is 3. The Morgan fingerprint density at radius 2 is 1.57 bits per heavy atom. The lowest BCUT2D eigenvalue weighted by Gasteiger charge is -2.26. The number of anilines is 1. The lowest BCUT2D eigenvalue weighted by atomic mass is 10.1. The normalized spacial score (nSPS) is 12.9. The molecule has 0 bridgehead atoms. The molecule has 5 aromatic rings. The molecule has 0 aliphatic rings. The molecular weight excluding hydrogens is 474 g/mol. The van der Waals surface area contributed by atoms with Crippen LogP contribution in [-0.4, -0.2) is 46.8 Å². The number of aliphatic hydroxyl groups is 1. The topological polar surface area (TPSA) is 80.4 Å². The van der Waals surface area contributed by atoms with Crippen LogP contribution in [0.25, 0.3) is 27.5 Å². The lowest BCUT2D eigenvalue weighted by Crippen LogP contribution is -2.38. The van der Waals surface area contributed by atoms with Crippen molar-refractivity contribution in [3.8, 4) is 5.69 Å². The highest BCUT2D eigenvalue weighted by molar-refractivity contribution is 7.92. The molecule has 5 rings (SSSR count). The highest BCUT2D eigenvalue weighted by atomic mass is 32.2. The number of halogens is 2. The molecule has 35 heavy (non-hydrogen) atoms. The third-order valence-corrected chi connectivity index (χ3v) is 7.03. The largest absolute Gasteiger partial charge is 0.389 e. The Morgan fingerprint density at radius 1 is 0.971 bits per heavy atom. The van der Waals surface area contributed by atoms with Crippen molar-refractivity contribution in [2.45, 2.75) is 12.6 Å². The molecule has 1 atom stereocenters. The van der Waals surface area contributed by atoms with Crippen molar-refractivity contribution < 1.29 is 22.3 Å². The van der Waals surface area contributed by atoms with Gasteiger partial charge < -0.3 is 9.67 Å². The molecule has 7 nitrogen and oxygen atoms in total. The van der Waals surface area contributed by atoms with Gasteiger partial charge in [0.05, 0.1) is 36.8 Å². The smallest absolute Gasteiger partial charge is 0.232 e. The average Bonchev–Trinajstić information content (AvgIpc) is 3.44. The predicted molar refractivity (Wildman–Crippen MR) is 131 cm³/mol. The molecule has 1 unspecified atom stereocenters. The molecule has 0 amide bonds. The fourth-order valence-electron chi connectivity index (χ4n) is 4.33. The van der Waals surface area contributed by atoms with E-state index in [2.05, 4.69) is 5.10 Å². The van der Waals surface area contributed by atoms with E-state index in [-0.39, 0.29) is 13.1 Å². The SMILES string of the molecule is CS(=O)(=O)N(CC(O)Cn1c2ccc(F)cc2c2cc(F)ccc21)c1ccc(-n2cccn2)cc1. The molecular formula is C25H22F2N4O3S. The number of hydrogen-bond acceptors (Lipinski definition) is 4. The van der Waals surface area contributed by atoms with Gasteiger partial charge in [0.2, 0.25) is 10.0 Å². The van der Waals surface area contributed by atoms with E-state index >= 15 is 0 Å². The second kappa shape index (κ2) is 8.79. The van der Waals surface area contributed by atoms with Crippen LogP contribution < -0.4 is 4.31 Å². The van der Waals surface area contributed by atoms with Crippen LogP contribution in [0.1, 0.15) is 0 Å². The van der Waals surface area contributed by atoms with E-state index in [1.54, 1.807) is 64.1 Å². The number of rotatable bonds is 7. The maximum atomic E-state index is 13.9. The molecule has 0 aliphatic heterocycles. The first-order chi connectivity index (χ1) is 16.7. The van der Waals surface area contributed by atoms with Crippen LogP contribution in [-0.2, 0) is 16.6 Å². The summed E-state index contributed by atoms with van der Waals surface area (Å²) in [5, 5.41) is 16.1. The van der Waals surface area contributed by atoms with Crippen molar-refractivity contribution in [3.05, 3.63) is 90.8 Å². The summed E-state index contributed by atoms with van der Waals surface area (Å²) >= 11 is 0. The summed E-state index contributed by atoms with van der Waals surface area (Å²) in [5.41, 5.74) is 2.38. The van der Waals surface area contributed by atoms with Crippen molar-refractivity contribution in [3.63, 3.8) is 0 Å². The van der Waals surface area contributed by atoms with Crippen LogP contribution in [0, 0.1) is 11.6 Å². The first kappa shape index (κ1) is 23.0. The van der Waals surface area contributed by atoms with Gasteiger partial charge in [-0.2, -0.15) is 5.10 Å². The van der Waals surface area contributed by atoms with Crippen LogP contribution in [0.5, 0.6) is 0 Å². The first-order valence-electron chi connectivity index (χ1n) is 10.8. The summed E-state index contributed by atoms with van der Waals surface area (Å²) in [6.45, 7) is -0.182. The summed E-state index contributed by atoms with van der Waals surface area (Å²) in [6, 6.07) is 16.9. The maximum absolute atomic E-state index is 13.9. The van der Waals surface area contributed by atoms with E-state index in [1.807, 2.05) is 0 Å². The molecule has 0 radical (unpaired) electrons. The lowest BCUT2D eigenvalue weighted by molar-refractivity contribution is 0.166. The fourth-order valence-corrected chi connectivity index (χ4v) is 5.28. The average molecular weight is 497 g/mol. The van der Waals surface area contributed by atoms with Gasteiger partial charge in [0.25, 0.3) is 0 Å². The zero-order valence-electron chi connectivity index (χ0n) is 18.7. The van der Waals surface area contributed by atoms with E-state index < -0.39 is 27.8 Å². The number of hydrogen-bond donors (Lipinski definition) is 1. The molecule has 2 aromatic heterocycles. The minimum absolute atomic E-state index is 0.0225. The zero-order chi connectivity index (χ0) is 24.7. The maximum Gasteiger partial charge on any atom is 0.232 e. The Bertz CT molecular complexity index is 1560. The summed E-state index contributed by atoms with van der Waals surface area (Å²) in [7, 11) is -3.71. The Kier molecular flexibility index (Phi) is 5.78. The first-order valence-corrected chi connectivity index (χ1v) is 12.7.